The van der Waals surface area contributed by atoms with Crippen LogP contribution in [-0.4, -0.2) is 55.9 Å². The van der Waals surface area contributed by atoms with E-state index in [2.05, 4.69) is 30.3 Å². The molecule has 0 bridgehead atoms. The Morgan fingerprint density at radius 3 is 2.63 bits per heavy atom. The van der Waals surface area contributed by atoms with Gasteiger partial charge in [-0.15, -0.1) is 0 Å². The average molecular weight is 429 g/mol. The van der Waals surface area contributed by atoms with Gasteiger partial charge in [0.1, 0.15) is 17.8 Å². The lowest BCUT2D eigenvalue weighted by molar-refractivity contribution is 0.400. The summed E-state index contributed by atoms with van der Waals surface area (Å²) in [6.45, 7) is 1.97. The van der Waals surface area contributed by atoms with E-state index in [4.69, 9.17) is 4.74 Å². The summed E-state index contributed by atoms with van der Waals surface area (Å²) in [5, 5.41) is 7.81. The topological polar surface area (TPSA) is 118 Å². The Balaban J connectivity index is 1.72. The van der Waals surface area contributed by atoms with Crippen LogP contribution in [0.25, 0.3) is 22.0 Å². The third-order valence-corrected chi connectivity index (χ3v) is 5.58. The van der Waals surface area contributed by atoms with Crippen molar-refractivity contribution in [2.45, 2.75) is 18.9 Å². The molecule has 0 saturated carbocycles. The van der Waals surface area contributed by atoms with Crippen molar-refractivity contribution < 1.29 is 13.2 Å². The number of methoxy groups -OCH3 is 1. The van der Waals surface area contributed by atoms with Crippen molar-refractivity contribution in [2.24, 2.45) is 0 Å². The molecule has 1 aliphatic rings. The van der Waals surface area contributed by atoms with Gasteiger partial charge in [-0.2, -0.15) is 0 Å². The summed E-state index contributed by atoms with van der Waals surface area (Å²) in [5.41, 5.74) is 2.74. The molecule has 1 saturated heterocycles. The summed E-state index contributed by atoms with van der Waals surface area (Å²) < 4.78 is 31.0. The molecule has 9 nitrogen and oxygen atoms in total. The molecule has 0 radical (unpaired) electrons. The number of piperidine rings is 1. The molecule has 1 aromatic carbocycles. The molecule has 4 rings (SSSR count). The fraction of sp³-hybridized carbons (Fsp3) is 0.350. The highest BCUT2D eigenvalue weighted by atomic mass is 32.2. The molecule has 1 aliphatic heterocycles. The highest BCUT2D eigenvalue weighted by Crippen LogP contribution is 2.32. The van der Waals surface area contributed by atoms with Gasteiger partial charge in [0.05, 0.1) is 18.9 Å². The molecule has 10 heteroatoms. The quantitative estimate of drug-likeness (QED) is 0.547. The Hall–Kier alpha value is -2.98. The number of aromatic nitrogens is 3. The molecule has 0 spiro atoms. The summed E-state index contributed by atoms with van der Waals surface area (Å²) in [5.74, 6) is 1.01. The van der Waals surface area contributed by atoms with Crippen LogP contribution in [0.4, 0.5) is 11.5 Å². The summed E-state index contributed by atoms with van der Waals surface area (Å²) in [4.78, 5) is 13.1. The largest absolute Gasteiger partial charge is 0.480 e. The number of pyridine rings is 1. The number of hydrogen-bond donors (Lipinski definition) is 3. The number of nitrogens with one attached hydrogen (secondary N) is 3. The zero-order chi connectivity index (χ0) is 21.1. The van der Waals surface area contributed by atoms with E-state index in [1.807, 2.05) is 18.2 Å². The van der Waals surface area contributed by atoms with Gasteiger partial charge in [0.15, 0.2) is 0 Å². The Morgan fingerprint density at radius 1 is 1.10 bits per heavy atom. The Bertz CT molecular complexity index is 1160. The first kappa shape index (κ1) is 20.3. The maximum absolute atomic E-state index is 11.7. The summed E-state index contributed by atoms with van der Waals surface area (Å²) in [7, 11) is -2.03. The van der Waals surface area contributed by atoms with E-state index in [1.165, 1.54) is 7.11 Å². The molecular weight excluding hydrogens is 404 g/mol. The van der Waals surface area contributed by atoms with Gasteiger partial charge in [0.25, 0.3) is 0 Å². The van der Waals surface area contributed by atoms with Crippen molar-refractivity contribution >= 4 is 32.4 Å². The van der Waals surface area contributed by atoms with E-state index in [9.17, 15) is 8.42 Å². The number of anilines is 2. The van der Waals surface area contributed by atoms with Crippen LogP contribution in [0.1, 0.15) is 12.8 Å². The predicted molar refractivity (Wildman–Crippen MR) is 117 cm³/mol. The van der Waals surface area contributed by atoms with E-state index in [0.717, 1.165) is 60.0 Å². The van der Waals surface area contributed by atoms with Crippen molar-refractivity contribution in [2.75, 3.05) is 36.5 Å². The first-order chi connectivity index (χ1) is 14.4. The number of hydrogen-bond acceptors (Lipinski definition) is 8. The van der Waals surface area contributed by atoms with Crippen LogP contribution in [0.5, 0.6) is 5.88 Å². The highest BCUT2D eigenvalue weighted by molar-refractivity contribution is 7.92. The van der Waals surface area contributed by atoms with E-state index >= 15 is 0 Å². The van der Waals surface area contributed by atoms with E-state index in [0.29, 0.717) is 6.04 Å². The Morgan fingerprint density at radius 2 is 1.90 bits per heavy atom. The zero-order valence-corrected chi connectivity index (χ0v) is 17.7. The molecule has 158 valence electrons. The normalized spacial score (nSPS) is 15.1. The lowest BCUT2D eigenvalue weighted by Crippen LogP contribution is -2.35. The molecular formula is C20H24N6O3S. The molecule has 3 N–H and O–H groups in total. The van der Waals surface area contributed by atoms with Gasteiger partial charge >= 0.3 is 0 Å². The van der Waals surface area contributed by atoms with Crippen molar-refractivity contribution in [1.82, 2.24) is 20.3 Å². The van der Waals surface area contributed by atoms with Crippen LogP contribution >= 0.6 is 0 Å². The van der Waals surface area contributed by atoms with Crippen LogP contribution in [0.2, 0.25) is 0 Å². The van der Waals surface area contributed by atoms with Gasteiger partial charge < -0.3 is 15.4 Å². The molecule has 30 heavy (non-hydrogen) atoms. The third-order valence-electron chi connectivity index (χ3n) is 4.99. The second-order valence-corrected chi connectivity index (χ2v) is 9.03. The molecule has 2 aromatic heterocycles. The lowest BCUT2D eigenvalue weighted by atomic mass is 10.0. The van der Waals surface area contributed by atoms with E-state index < -0.39 is 10.0 Å². The van der Waals surface area contributed by atoms with Gasteiger partial charge in [-0.25, -0.2) is 23.4 Å². The SMILES string of the molecule is COc1ncc(-c2ccc3ncnc(NC4CCNCC4)c3c2)cc1NS(C)(=O)=O. The van der Waals surface area contributed by atoms with Crippen molar-refractivity contribution in [3.63, 3.8) is 0 Å². The predicted octanol–water partition coefficient (Wildman–Crippen LogP) is 2.24. The molecule has 0 unspecified atom stereocenters. The van der Waals surface area contributed by atoms with Crippen molar-refractivity contribution in [3.8, 4) is 17.0 Å². The van der Waals surface area contributed by atoms with Gasteiger partial charge in [-0.1, -0.05) is 6.07 Å². The first-order valence-corrected chi connectivity index (χ1v) is 11.6. The van der Waals surface area contributed by atoms with Crippen LogP contribution < -0.4 is 20.1 Å². The minimum Gasteiger partial charge on any atom is -0.480 e. The number of nitrogens with zero attached hydrogens (tertiary/aromatic N) is 3. The van der Waals surface area contributed by atoms with Gasteiger partial charge in [-0.3, -0.25) is 4.72 Å². The summed E-state index contributed by atoms with van der Waals surface area (Å²) in [6.07, 6.45) is 6.37. The second kappa shape index (κ2) is 8.41. The molecule has 3 aromatic rings. The summed E-state index contributed by atoms with van der Waals surface area (Å²) >= 11 is 0. The van der Waals surface area contributed by atoms with E-state index in [-0.39, 0.29) is 11.6 Å². The molecule has 0 amide bonds. The third kappa shape index (κ3) is 4.60. The Labute approximate surface area is 175 Å². The standard InChI is InChI=1S/C20H24N6O3S/c1-29-20-18(26-30(2,27)28)10-14(11-22-20)13-3-4-17-16(9-13)19(24-12-23-17)25-15-5-7-21-8-6-15/h3-4,9-12,15,21,26H,5-8H2,1-2H3,(H,23,24,25). The van der Waals surface area contributed by atoms with Gasteiger partial charge in [0, 0.05) is 23.2 Å². The Kier molecular flexibility index (Phi) is 5.69. The fourth-order valence-corrected chi connectivity index (χ4v) is 4.10. The number of fused-ring (bicyclic) bond motifs is 1. The van der Waals surface area contributed by atoms with Crippen LogP contribution in [0.15, 0.2) is 36.8 Å². The van der Waals surface area contributed by atoms with Crippen molar-refractivity contribution in [3.05, 3.63) is 36.8 Å². The van der Waals surface area contributed by atoms with E-state index in [1.54, 1.807) is 18.6 Å². The number of benzene rings is 1. The van der Waals surface area contributed by atoms with Crippen LogP contribution in [0, 0.1) is 0 Å². The second-order valence-electron chi connectivity index (χ2n) is 7.28. The minimum atomic E-state index is -3.47. The molecule has 0 atom stereocenters. The fourth-order valence-electron chi connectivity index (χ4n) is 3.56. The molecule has 1 fully saturated rings. The highest BCUT2D eigenvalue weighted by Gasteiger charge is 2.16. The minimum absolute atomic E-state index is 0.210. The lowest BCUT2D eigenvalue weighted by Gasteiger charge is -2.24. The number of sulfonamides is 1. The zero-order valence-electron chi connectivity index (χ0n) is 16.8. The molecule has 3 heterocycles. The smallest absolute Gasteiger partial charge is 0.238 e. The molecule has 0 aliphatic carbocycles. The van der Waals surface area contributed by atoms with Crippen LogP contribution in [-0.2, 0) is 10.0 Å². The van der Waals surface area contributed by atoms with Crippen molar-refractivity contribution in [1.29, 1.82) is 0 Å². The number of rotatable bonds is 6. The summed E-state index contributed by atoms with van der Waals surface area (Å²) in [6, 6.07) is 7.91. The van der Waals surface area contributed by atoms with Gasteiger partial charge in [0.2, 0.25) is 15.9 Å². The number of ether oxygens (including phenoxy) is 1. The average Bonchev–Trinajstić information content (AvgIpc) is 2.73. The monoisotopic (exact) mass is 428 g/mol. The first-order valence-electron chi connectivity index (χ1n) is 9.67. The maximum atomic E-state index is 11.7. The maximum Gasteiger partial charge on any atom is 0.238 e. The van der Waals surface area contributed by atoms with Crippen LogP contribution in [0.3, 0.4) is 0 Å². The van der Waals surface area contributed by atoms with Gasteiger partial charge in [-0.05, 0) is 49.7 Å².